The molecular weight excluding hydrogens is 572 g/mol. The van der Waals surface area contributed by atoms with Crippen LogP contribution in [0.2, 0.25) is 0 Å². The number of hydrogen-bond acceptors (Lipinski definition) is 2. The average molecular weight is 627 g/mol. The monoisotopic (exact) mass is 626 g/mol. The van der Waals surface area contributed by atoms with Gasteiger partial charge in [-0.05, 0) is 133 Å². The molecule has 0 atom stereocenters. The zero-order valence-electron chi connectivity index (χ0n) is 28.8. The first-order valence-corrected chi connectivity index (χ1v) is 18.7. The summed E-state index contributed by atoms with van der Waals surface area (Å²) in [7, 11) is 0. The highest BCUT2D eigenvalue weighted by Gasteiger charge is 2.23. The van der Waals surface area contributed by atoms with Crippen LogP contribution in [0.4, 0.5) is 0 Å². The van der Waals surface area contributed by atoms with Gasteiger partial charge >= 0.3 is 5.97 Å². The number of benzene rings is 4. The Morgan fingerprint density at radius 1 is 0.511 bits per heavy atom. The molecule has 0 aromatic heterocycles. The summed E-state index contributed by atoms with van der Waals surface area (Å²) in [4.78, 5) is 13.0. The maximum atomic E-state index is 13.0. The summed E-state index contributed by atoms with van der Waals surface area (Å²) in [5.74, 6) is 3.51. The zero-order chi connectivity index (χ0) is 32.4. The van der Waals surface area contributed by atoms with Crippen molar-refractivity contribution in [1.29, 1.82) is 0 Å². The summed E-state index contributed by atoms with van der Waals surface area (Å²) < 4.78 is 5.74. The lowest BCUT2D eigenvalue weighted by molar-refractivity contribution is 0.0735. The first-order chi connectivity index (χ1) is 23.1. The summed E-state index contributed by atoms with van der Waals surface area (Å²) >= 11 is 0. The quantitative estimate of drug-likeness (QED) is 0.0888. The summed E-state index contributed by atoms with van der Waals surface area (Å²) in [6, 6.07) is 33.9. The second kappa shape index (κ2) is 16.4. The van der Waals surface area contributed by atoms with Crippen molar-refractivity contribution in [2.45, 2.75) is 116 Å². The molecule has 0 aliphatic heterocycles. The highest BCUT2D eigenvalue weighted by molar-refractivity contribution is 5.91. The molecule has 2 aliphatic rings. The lowest BCUT2D eigenvalue weighted by Gasteiger charge is -2.29. The molecule has 2 aliphatic carbocycles. The van der Waals surface area contributed by atoms with Gasteiger partial charge in [-0.15, -0.1) is 0 Å². The molecule has 0 heterocycles. The van der Waals surface area contributed by atoms with Crippen LogP contribution in [0.15, 0.2) is 97.1 Å². The van der Waals surface area contributed by atoms with Gasteiger partial charge in [0.15, 0.2) is 0 Å². The highest BCUT2D eigenvalue weighted by atomic mass is 16.5. The van der Waals surface area contributed by atoms with Crippen LogP contribution < -0.4 is 4.74 Å². The van der Waals surface area contributed by atoms with Gasteiger partial charge in [-0.1, -0.05) is 125 Å². The molecule has 0 N–H and O–H groups in total. The molecule has 2 saturated carbocycles. The van der Waals surface area contributed by atoms with E-state index < -0.39 is 0 Å². The number of rotatable bonds is 12. The molecule has 2 nitrogen and oxygen atoms in total. The van der Waals surface area contributed by atoms with Gasteiger partial charge in [0.1, 0.15) is 5.75 Å². The van der Waals surface area contributed by atoms with Crippen LogP contribution in [0.5, 0.6) is 5.75 Å². The van der Waals surface area contributed by atoms with Crippen molar-refractivity contribution in [3.05, 3.63) is 114 Å². The molecular formula is C45H54O2. The van der Waals surface area contributed by atoms with Crippen LogP contribution in [0.3, 0.4) is 0 Å². The van der Waals surface area contributed by atoms with E-state index in [-0.39, 0.29) is 5.97 Å². The van der Waals surface area contributed by atoms with Gasteiger partial charge in [0.2, 0.25) is 0 Å². The van der Waals surface area contributed by atoms with E-state index in [1.807, 2.05) is 48.5 Å². The fourth-order valence-corrected chi connectivity index (χ4v) is 8.24. The Morgan fingerprint density at radius 3 is 1.38 bits per heavy atom. The van der Waals surface area contributed by atoms with E-state index in [0.717, 1.165) is 23.0 Å². The van der Waals surface area contributed by atoms with Gasteiger partial charge in [0.05, 0.1) is 5.56 Å². The Labute approximate surface area is 284 Å². The minimum Gasteiger partial charge on any atom is -0.423 e. The molecule has 6 rings (SSSR count). The Bertz CT molecular complexity index is 1520. The van der Waals surface area contributed by atoms with Gasteiger partial charge in [-0.3, -0.25) is 0 Å². The van der Waals surface area contributed by atoms with Gasteiger partial charge < -0.3 is 4.74 Å². The van der Waals surface area contributed by atoms with E-state index in [1.165, 1.54) is 112 Å². The van der Waals surface area contributed by atoms with Gasteiger partial charge in [0, 0.05) is 0 Å². The van der Waals surface area contributed by atoms with E-state index in [4.69, 9.17) is 4.74 Å². The summed E-state index contributed by atoms with van der Waals surface area (Å²) in [5, 5.41) is 0. The van der Waals surface area contributed by atoms with Crippen molar-refractivity contribution in [3.63, 3.8) is 0 Å². The number of hydrogen-bond donors (Lipinski definition) is 0. The minimum absolute atomic E-state index is 0.331. The Hall–Kier alpha value is -3.65. The SMILES string of the molecule is CCCCCC1CCC(c2ccc(-c3ccc(OC(=O)c4ccc(-c5ccc([C@H]6CC[C@H](CCC)CC6)cc5)cc4)cc3)cc2)CC1. The molecule has 2 heteroatoms. The number of ether oxygens (including phenoxy) is 1. The molecule has 47 heavy (non-hydrogen) atoms. The topological polar surface area (TPSA) is 26.3 Å². The Morgan fingerprint density at radius 2 is 0.936 bits per heavy atom. The van der Waals surface area contributed by atoms with Crippen molar-refractivity contribution in [1.82, 2.24) is 0 Å². The third-order valence-electron chi connectivity index (χ3n) is 11.2. The minimum atomic E-state index is -0.331. The molecule has 4 aromatic carbocycles. The molecule has 0 bridgehead atoms. The molecule has 0 amide bonds. The molecule has 0 radical (unpaired) electrons. The molecule has 0 spiro atoms. The smallest absolute Gasteiger partial charge is 0.343 e. The lowest BCUT2D eigenvalue weighted by Crippen LogP contribution is -2.13. The molecule has 2 fully saturated rings. The number of carbonyl (C=O) groups is 1. The van der Waals surface area contributed by atoms with Gasteiger partial charge in [0.25, 0.3) is 0 Å². The van der Waals surface area contributed by atoms with Crippen LogP contribution in [0.1, 0.15) is 137 Å². The largest absolute Gasteiger partial charge is 0.423 e. The van der Waals surface area contributed by atoms with Crippen LogP contribution >= 0.6 is 0 Å². The maximum absolute atomic E-state index is 13.0. The summed E-state index contributed by atoms with van der Waals surface area (Å²) in [6.07, 6.45) is 19.0. The third-order valence-corrected chi connectivity index (χ3v) is 11.2. The third kappa shape index (κ3) is 8.83. The second-order valence-electron chi connectivity index (χ2n) is 14.5. The van der Waals surface area contributed by atoms with Crippen LogP contribution in [0.25, 0.3) is 22.3 Å². The van der Waals surface area contributed by atoms with Gasteiger partial charge in [-0.25, -0.2) is 4.79 Å². The van der Waals surface area contributed by atoms with Crippen LogP contribution in [-0.2, 0) is 0 Å². The van der Waals surface area contributed by atoms with Crippen molar-refractivity contribution in [2.75, 3.05) is 0 Å². The molecule has 4 aromatic rings. The normalized spacial score (nSPS) is 21.3. The van der Waals surface area contributed by atoms with Crippen molar-refractivity contribution in [3.8, 4) is 28.0 Å². The van der Waals surface area contributed by atoms with E-state index >= 15 is 0 Å². The average Bonchev–Trinajstić information content (AvgIpc) is 3.13. The van der Waals surface area contributed by atoms with E-state index in [1.54, 1.807) is 0 Å². The number of carbonyl (C=O) groups excluding carboxylic acids is 1. The van der Waals surface area contributed by atoms with E-state index in [2.05, 4.69) is 62.4 Å². The standard InChI is InChI=1S/C45H54O2/c1-3-5-6-8-34-11-15-36(16-12-34)38-19-23-40(24-20-38)42-29-31-44(32-30-42)47-45(46)43-27-25-41(26-28-43)39-21-17-37(18-22-39)35-13-9-33(7-4-2)10-14-35/h17-36H,3-16H2,1-2H3/t33-,34?,35-,36?. The zero-order valence-corrected chi connectivity index (χ0v) is 28.8. The van der Waals surface area contributed by atoms with E-state index in [0.29, 0.717) is 23.1 Å². The van der Waals surface area contributed by atoms with Crippen molar-refractivity contribution in [2.24, 2.45) is 11.8 Å². The molecule has 246 valence electrons. The Kier molecular flexibility index (Phi) is 11.6. The molecule has 0 saturated heterocycles. The number of unbranched alkanes of at least 4 members (excludes halogenated alkanes) is 2. The summed E-state index contributed by atoms with van der Waals surface area (Å²) in [5.41, 5.74) is 8.14. The van der Waals surface area contributed by atoms with Crippen molar-refractivity contribution >= 4 is 5.97 Å². The predicted octanol–water partition coefficient (Wildman–Crippen LogP) is 13.2. The maximum Gasteiger partial charge on any atom is 0.343 e. The fourth-order valence-electron chi connectivity index (χ4n) is 8.24. The van der Waals surface area contributed by atoms with Crippen molar-refractivity contribution < 1.29 is 9.53 Å². The second-order valence-corrected chi connectivity index (χ2v) is 14.5. The van der Waals surface area contributed by atoms with Crippen LogP contribution in [-0.4, -0.2) is 5.97 Å². The number of esters is 1. The Balaban J connectivity index is 0.987. The van der Waals surface area contributed by atoms with Crippen LogP contribution in [0, 0.1) is 11.8 Å². The fraction of sp³-hybridized carbons (Fsp3) is 0.444. The molecule has 0 unspecified atom stereocenters. The first kappa shape index (κ1) is 33.3. The summed E-state index contributed by atoms with van der Waals surface area (Å²) in [6.45, 7) is 4.60. The van der Waals surface area contributed by atoms with E-state index in [9.17, 15) is 4.79 Å². The lowest BCUT2D eigenvalue weighted by atomic mass is 9.77. The van der Waals surface area contributed by atoms with Gasteiger partial charge in [-0.2, -0.15) is 0 Å². The predicted molar refractivity (Wildman–Crippen MR) is 197 cm³/mol. The first-order valence-electron chi connectivity index (χ1n) is 18.7. The highest BCUT2D eigenvalue weighted by Crippen LogP contribution is 2.39.